The van der Waals surface area contributed by atoms with Crippen molar-refractivity contribution in [3.63, 3.8) is 0 Å². The molecule has 2 aromatic carbocycles. The molecule has 0 radical (unpaired) electrons. The summed E-state index contributed by atoms with van der Waals surface area (Å²) in [5.41, 5.74) is 0.561. The van der Waals surface area contributed by atoms with Gasteiger partial charge in [0, 0.05) is 63.6 Å². The number of unbranched alkanes of at least 4 members (excludes halogenated alkanes) is 1. The molecule has 0 saturated carbocycles. The summed E-state index contributed by atoms with van der Waals surface area (Å²) in [6, 6.07) is 14.8. The van der Waals surface area contributed by atoms with E-state index in [4.69, 9.17) is 19.0 Å². The van der Waals surface area contributed by atoms with E-state index in [1.54, 1.807) is 13.2 Å². The summed E-state index contributed by atoms with van der Waals surface area (Å²) in [4.78, 5) is 64.4. The quantitative estimate of drug-likeness (QED) is 0.111. The third-order valence-electron chi connectivity index (χ3n) is 8.17. The van der Waals surface area contributed by atoms with Crippen molar-refractivity contribution in [3.05, 3.63) is 71.9 Å². The smallest absolute Gasteiger partial charge is 0.380 e. The van der Waals surface area contributed by atoms with Gasteiger partial charge in [0.1, 0.15) is 11.5 Å². The maximum Gasteiger partial charge on any atom is 0.417 e. The average Bonchev–Trinajstić information content (AvgIpc) is 3.61. The number of nitrogens with one attached hydrogen (secondary N) is 2. The van der Waals surface area contributed by atoms with Gasteiger partial charge in [0.2, 0.25) is 0 Å². The summed E-state index contributed by atoms with van der Waals surface area (Å²) in [7, 11) is -2.82. The van der Waals surface area contributed by atoms with Crippen molar-refractivity contribution in [2.45, 2.75) is 38.3 Å². The highest BCUT2D eigenvalue weighted by Gasteiger charge is 2.36. The summed E-state index contributed by atoms with van der Waals surface area (Å²) >= 11 is 0. The molecule has 3 heterocycles. The fourth-order valence-corrected chi connectivity index (χ4v) is 6.79. The number of carbonyl (C=O) groups is 3. The molecule has 3 atom stereocenters. The van der Waals surface area contributed by atoms with E-state index in [0.29, 0.717) is 57.1 Å². The second-order valence-electron chi connectivity index (χ2n) is 11.5. The minimum absolute atomic E-state index is 0.00462. The maximum absolute atomic E-state index is 14.0. The molecule has 3 aromatic rings. The molecule has 0 aliphatic carbocycles. The average molecular weight is 681 g/mol. The van der Waals surface area contributed by atoms with Gasteiger partial charge >= 0.3 is 19.7 Å². The Morgan fingerprint density at radius 1 is 1.06 bits per heavy atom. The van der Waals surface area contributed by atoms with E-state index in [2.05, 4.69) is 15.6 Å². The van der Waals surface area contributed by atoms with E-state index >= 15 is 0 Å². The van der Waals surface area contributed by atoms with Gasteiger partial charge in [0.15, 0.2) is 11.9 Å². The number of rotatable bonds is 12. The van der Waals surface area contributed by atoms with Crippen LogP contribution in [0.4, 0.5) is 10.6 Å². The maximum atomic E-state index is 14.0. The molecule has 3 unspecified atom stereocenters. The Kier molecular flexibility index (Phi) is 11.9. The first-order valence-corrected chi connectivity index (χ1v) is 17.6. The molecule has 15 heteroatoms. The van der Waals surface area contributed by atoms with Crippen molar-refractivity contribution < 1.29 is 37.8 Å². The van der Waals surface area contributed by atoms with Crippen LogP contribution in [0.25, 0.3) is 11.4 Å². The highest BCUT2D eigenvalue weighted by molar-refractivity contribution is 7.61. The molecule has 2 saturated heterocycles. The Morgan fingerprint density at radius 2 is 1.79 bits per heavy atom. The molecule has 1 aromatic heterocycles. The van der Waals surface area contributed by atoms with E-state index in [-0.39, 0.29) is 35.1 Å². The zero-order valence-electron chi connectivity index (χ0n) is 27.0. The van der Waals surface area contributed by atoms with Crippen molar-refractivity contribution in [2.75, 3.05) is 57.9 Å². The molecular formula is C33H41N6O8P. The van der Waals surface area contributed by atoms with Crippen LogP contribution in [-0.4, -0.2) is 96.8 Å². The first-order chi connectivity index (χ1) is 23.2. The Labute approximate surface area is 279 Å². The summed E-state index contributed by atoms with van der Waals surface area (Å²) in [6.07, 6.45) is 1.15. The molecule has 2 aliphatic rings. The highest BCUT2D eigenvalue weighted by Crippen LogP contribution is 2.43. The molecule has 3 N–H and O–H groups in total. The molecule has 5 rings (SSSR count). The number of piperazine rings is 1. The van der Waals surface area contributed by atoms with Crippen LogP contribution in [0.2, 0.25) is 0 Å². The van der Waals surface area contributed by atoms with E-state index in [1.807, 2.05) is 42.2 Å². The zero-order valence-corrected chi connectivity index (χ0v) is 27.9. The lowest BCUT2D eigenvalue weighted by Gasteiger charge is -2.27. The topological polar surface area (TPSA) is 173 Å². The van der Waals surface area contributed by atoms with E-state index in [9.17, 15) is 23.8 Å². The van der Waals surface area contributed by atoms with E-state index < -0.39 is 31.6 Å². The number of carbonyl (C=O) groups excluding carboxylic acids is 3. The second-order valence-corrected chi connectivity index (χ2v) is 13.3. The summed E-state index contributed by atoms with van der Waals surface area (Å²) < 4.78 is 29.6. The van der Waals surface area contributed by atoms with Gasteiger partial charge in [-0.05, 0) is 18.9 Å². The lowest BCUT2D eigenvalue weighted by molar-refractivity contribution is -0.140. The molecule has 0 bridgehead atoms. The number of benzene rings is 2. The van der Waals surface area contributed by atoms with Crippen LogP contribution in [-0.2, 0) is 23.4 Å². The van der Waals surface area contributed by atoms with Crippen LogP contribution >= 0.6 is 7.60 Å². The third-order valence-corrected chi connectivity index (χ3v) is 9.72. The van der Waals surface area contributed by atoms with Crippen LogP contribution in [0.5, 0.6) is 0 Å². The minimum atomic E-state index is -4.47. The van der Waals surface area contributed by atoms with Gasteiger partial charge < -0.3 is 39.3 Å². The van der Waals surface area contributed by atoms with Crippen molar-refractivity contribution in [1.29, 1.82) is 0 Å². The number of methoxy groups -OCH3 is 1. The van der Waals surface area contributed by atoms with Gasteiger partial charge in [-0.25, -0.2) is 19.6 Å². The van der Waals surface area contributed by atoms with Crippen LogP contribution in [0.15, 0.2) is 60.7 Å². The molecule has 48 heavy (non-hydrogen) atoms. The van der Waals surface area contributed by atoms with E-state index in [0.717, 1.165) is 12.8 Å². The number of nitrogens with zero attached hydrogens (tertiary/aromatic N) is 4. The predicted molar refractivity (Wildman–Crippen MR) is 178 cm³/mol. The number of hydrogen-bond acceptors (Lipinski definition) is 11. The third kappa shape index (κ3) is 8.63. The van der Waals surface area contributed by atoms with Crippen LogP contribution in [0, 0.1) is 0 Å². The largest absolute Gasteiger partial charge is 0.417 e. The van der Waals surface area contributed by atoms with Crippen molar-refractivity contribution in [3.8, 4) is 11.4 Å². The lowest BCUT2D eigenvalue weighted by Crippen LogP contribution is -2.48. The fraction of sp³-hybridized carbons (Fsp3) is 0.424. The summed E-state index contributed by atoms with van der Waals surface area (Å²) in [5.74, 6) is -1.14. The summed E-state index contributed by atoms with van der Waals surface area (Å²) in [5, 5.41) is 5.56. The molecule has 2 amide bonds. The number of ether oxygens (including phenoxy) is 2. The summed E-state index contributed by atoms with van der Waals surface area (Å²) in [6.45, 7) is 4.82. The van der Waals surface area contributed by atoms with Gasteiger partial charge in [-0.3, -0.25) is 9.36 Å². The predicted octanol–water partition coefficient (Wildman–Crippen LogP) is 3.04. The number of hydrogen-bond donors (Lipinski definition) is 3. The Bertz CT molecular complexity index is 1640. The molecule has 256 valence electrons. The number of esters is 1. The molecule has 2 fully saturated rings. The minimum Gasteiger partial charge on any atom is -0.380 e. The fourth-order valence-electron chi connectivity index (χ4n) is 5.47. The van der Waals surface area contributed by atoms with Crippen molar-refractivity contribution >= 4 is 36.7 Å². The Balaban J connectivity index is 1.51. The molecular weight excluding hydrogens is 639 g/mol. The highest BCUT2D eigenvalue weighted by atomic mass is 31.2. The first kappa shape index (κ1) is 35.1. The van der Waals surface area contributed by atoms with Gasteiger partial charge in [-0.1, -0.05) is 61.9 Å². The zero-order chi connectivity index (χ0) is 34.1. The van der Waals surface area contributed by atoms with Gasteiger partial charge in [0.25, 0.3) is 5.91 Å². The SMILES string of the molecule is CCCCOP(=O)(O)c1ccccc1C(NC(=O)c1cc(N2CCC(OC)C2)nc(-c2ccccc2)n1)C(=O)OC(=O)N1CCNCC1. The molecule has 2 aliphatic heterocycles. The van der Waals surface area contributed by atoms with Crippen LogP contribution < -0.4 is 20.8 Å². The van der Waals surface area contributed by atoms with Gasteiger partial charge in [-0.2, -0.15) is 0 Å². The normalized spacial score (nSPS) is 18.2. The van der Waals surface area contributed by atoms with Crippen molar-refractivity contribution in [1.82, 2.24) is 25.5 Å². The molecule has 14 nitrogen and oxygen atoms in total. The standard InChI is InChI=1S/C33H41N6O8P/c1-3-4-20-46-48(43,44)27-13-9-8-12-25(27)29(32(41)47-33(42)38-18-15-34-16-19-38)37-31(40)26-21-28(39-17-14-24(22-39)45-2)36-30(35-26)23-10-6-5-7-11-23/h5-13,21,24,29,34H,3-4,14-20,22H2,1-2H3,(H,37,40)(H,43,44). The Morgan fingerprint density at radius 3 is 2.50 bits per heavy atom. The number of anilines is 1. The monoisotopic (exact) mass is 680 g/mol. The second kappa shape index (κ2) is 16.3. The van der Waals surface area contributed by atoms with E-state index in [1.165, 1.54) is 29.2 Å². The molecule has 0 spiro atoms. The Hall–Kier alpha value is -4.20. The first-order valence-electron chi connectivity index (χ1n) is 16.0. The van der Waals surface area contributed by atoms with Crippen LogP contribution in [0.1, 0.15) is 48.3 Å². The van der Waals surface area contributed by atoms with Crippen LogP contribution in [0.3, 0.4) is 0 Å². The van der Waals surface area contributed by atoms with Gasteiger partial charge in [0.05, 0.1) is 18.0 Å². The number of amides is 2. The van der Waals surface area contributed by atoms with Gasteiger partial charge in [-0.15, -0.1) is 0 Å². The number of aromatic nitrogens is 2. The lowest BCUT2D eigenvalue weighted by atomic mass is 10.1. The van der Waals surface area contributed by atoms with Crippen molar-refractivity contribution in [2.24, 2.45) is 0 Å².